The summed E-state index contributed by atoms with van der Waals surface area (Å²) in [6.07, 6.45) is 0.165. The van der Waals surface area contributed by atoms with E-state index in [1.54, 1.807) is 29.2 Å². The van der Waals surface area contributed by atoms with Crippen molar-refractivity contribution in [2.24, 2.45) is 0 Å². The molecule has 19 heavy (non-hydrogen) atoms. The van der Waals surface area contributed by atoms with Crippen LogP contribution in [0.2, 0.25) is 5.02 Å². The van der Waals surface area contributed by atoms with Crippen LogP contribution < -0.4 is 4.90 Å². The number of nitriles is 1. The second-order valence-corrected chi connectivity index (χ2v) is 4.62. The smallest absolute Gasteiger partial charge is 0.248 e. The van der Waals surface area contributed by atoms with Crippen molar-refractivity contribution in [3.8, 4) is 6.07 Å². The standard InChI is InChI=1S/C13H12ClN3O2/c14-10-2-4-11(5-3-10)16-8-12(18)17(7-1-6-15)13(19)9-16/h2-5H,1,7-9H2. The third-order valence-electron chi connectivity index (χ3n) is 2.89. The topological polar surface area (TPSA) is 64.4 Å². The molecule has 6 heteroatoms. The second-order valence-electron chi connectivity index (χ2n) is 4.18. The van der Waals surface area contributed by atoms with E-state index in [4.69, 9.17) is 16.9 Å². The number of benzene rings is 1. The molecule has 5 nitrogen and oxygen atoms in total. The molecule has 1 aromatic carbocycles. The number of piperazine rings is 1. The Kier molecular flexibility index (Phi) is 4.03. The minimum absolute atomic E-state index is 0.138. The van der Waals surface area contributed by atoms with E-state index in [-0.39, 0.29) is 37.9 Å². The van der Waals surface area contributed by atoms with Crippen molar-refractivity contribution in [3.05, 3.63) is 29.3 Å². The van der Waals surface area contributed by atoms with Crippen molar-refractivity contribution in [3.63, 3.8) is 0 Å². The zero-order valence-electron chi connectivity index (χ0n) is 10.2. The largest absolute Gasteiger partial charge is 0.353 e. The number of halogens is 1. The summed E-state index contributed by atoms with van der Waals surface area (Å²) in [5, 5.41) is 9.11. The van der Waals surface area contributed by atoms with Gasteiger partial charge in [-0.25, -0.2) is 0 Å². The summed E-state index contributed by atoms with van der Waals surface area (Å²) < 4.78 is 0. The fraction of sp³-hybridized carbons (Fsp3) is 0.308. The van der Waals surface area contributed by atoms with Gasteiger partial charge in [-0.2, -0.15) is 5.26 Å². The number of rotatable bonds is 3. The molecule has 2 amide bonds. The van der Waals surface area contributed by atoms with Gasteiger partial charge in [0.15, 0.2) is 0 Å². The molecule has 0 N–H and O–H groups in total. The van der Waals surface area contributed by atoms with Gasteiger partial charge in [0.2, 0.25) is 11.8 Å². The lowest BCUT2D eigenvalue weighted by Crippen LogP contribution is -2.54. The molecular formula is C13H12ClN3O2. The van der Waals surface area contributed by atoms with Crippen LogP contribution in [0.1, 0.15) is 6.42 Å². The first-order chi connectivity index (χ1) is 9.11. The predicted octanol–water partition coefficient (Wildman–Crippen LogP) is 1.43. The SMILES string of the molecule is N#CCCN1C(=O)CN(c2ccc(Cl)cc2)CC1=O. The summed E-state index contributed by atoms with van der Waals surface area (Å²) >= 11 is 5.80. The highest BCUT2D eigenvalue weighted by molar-refractivity contribution is 6.30. The van der Waals surface area contributed by atoms with Crippen molar-refractivity contribution in [1.82, 2.24) is 4.90 Å². The van der Waals surface area contributed by atoms with Gasteiger partial charge in [-0.05, 0) is 24.3 Å². The van der Waals surface area contributed by atoms with Crippen LogP contribution in [-0.2, 0) is 9.59 Å². The van der Waals surface area contributed by atoms with Crippen LogP contribution in [0, 0.1) is 11.3 Å². The maximum absolute atomic E-state index is 11.9. The lowest BCUT2D eigenvalue weighted by Gasteiger charge is -2.33. The van der Waals surface area contributed by atoms with Gasteiger partial charge in [0.1, 0.15) is 0 Å². The van der Waals surface area contributed by atoms with Gasteiger partial charge < -0.3 is 4.90 Å². The first-order valence-electron chi connectivity index (χ1n) is 5.82. The monoisotopic (exact) mass is 277 g/mol. The molecule has 2 rings (SSSR count). The number of anilines is 1. The van der Waals surface area contributed by atoms with Crippen molar-refractivity contribution >= 4 is 29.1 Å². The highest BCUT2D eigenvalue weighted by Gasteiger charge is 2.30. The number of nitrogens with zero attached hydrogens (tertiary/aromatic N) is 3. The molecule has 0 saturated carbocycles. The van der Waals surface area contributed by atoms with E-state index in [9.17, 15) is 9.59 Å². The molecule has 0 bridgehead atoms. The fourth-order valence-corrected chi connectivity index (χ4v) is 2.06. The van der Waals surface area contributed by atoms with E-state index in [0.29, 0.717) is 5.02 Å². The first-order valence-corrected chi connectivity index (χ1v) is 6.20. The van der Waals surface area contributed by atoms with E-state index < -0.39 is 0 Å². The molecule has 1 saturated heterocycles. The molecule has 0 aliphatic carbocycles. The lowest BCUT2D eigenvalue weighted by molar-refractivity contribution is -0.145. The molecule has 1 aliphatic rings. The average Bonchev–Trinajstić information content (AvgIpc) is 2.38. The molecule has 0 radical (unpaired) electrons. The van der Waals surface area contributed by atoms with Gasteiger partial charge in [0.25, 0.3) is 0 Å². The third kappa shape index (κ3) is 3.04. The van der Waals surface area contributed by atoms with Crippen LogP contribution in [0.3, 0.4) is 0 Å². The second kappa shape index (κ2) is 5.72. The zero-order chi connectivity index (χ0) is 13.8. The van der Waals surface area contributed by atoms with Crippen molar-refractivity contribution in [1.29, 1.82) is 5.26 Å². The molecule has 98 valence electrons. The van der Waals surface area contributed by atoms with Gasteiger partial charge >= 0.3 is 0 Å². The summed E-state index contributed by atoms with van der Waals surface area (Å²) in [5.74, 6) is -0.553. The van der Waals surface area contributed by atoms with Crippen LogP contribution in [0.25, 0.3) is 0 Å². The maximum atomic E-state index is 11.9. The van der Waals surface area contributed by atoms with Crippen LogP contribution >= 0.6 is 11.6 Å². The maximum Gasteiger partial charge on any atom is 0.248 e. The normalized spacial score (nSPS) is 15.6. The van der Waals surface area contributed by atoms with Crippen molar-refractivity contribution in [2.75, 3.05) is 24.5 Å². The Hall–Kier alpha value is -2.06. The van der Waals surface area contributed by atoms with E-state index in [2.05, 4.69) is 0 Å². The van der Waals surface area contributed by atoms with Crippen molar-refractivity contribution < 1.29 is 9.59 Å². The third-order valence-corrected chi connectivity index (χ3v) is 3.15. The zero-order valence-corrected chi connectivity index (χ0v) is 10.9. The number of carbonyl (C=O) groups excluding carboxylic acids is 2. The summed E-state index contributed by atoms with van der Waals surface area (Å²) in [4.78, 5) is 26.6. The lowest BCUT2D eigenvalue weighted by atomic mass is 10.2. The summed E-state index contributed by atoms with van der Waals surface area (Å²) in [6.45, 7) is 0.445. The number of imide groups is 1. The Morgan fingerprint density at radius 3 is 2.26 bits per heavy atom. The Morgan fingerprint density at radius 2 is 1.74 bits per heavy atom. The Bertz CT molecular complexity index is 518. The molecule has 1 aromatic rings. The van der Waals surface area contributed by atoms with Gasteiger partial charge in [0, 0.05) is 17.3 Å². The molecule has 0 spiro atoms. The highest BCUT2D eigenvalue weighted by Crippen LogP contribution is 2.20. The van der Waals surface area contributed by atoms with Crippen LogP contribution in [0.4, 0.5) is 5.69 Å². The molecule has 1 heterocycles. The minimum Gasteiger partial charge on any atom is -0.353 e. The number of carbonyl (C=O) groups is 2. The fourth-order valence-electron chi connectivity index (χ4n) is 1.94. The molecule has 0 unspecified atom stereocenters. The Morgan fingerprint density at radius 1 is 1.16 bits per heavy atom. The van der Waals surface area contributed by atoms with Crippen molar-refractivity contribution in [2.45, 2.75) is 6.42 Å². The number of hydrogen-bond donors (Lipinski definition) is 0. The van der Waals surface area contributed by atoms with Gasteiger partial charge in [-0.3, -0.25) is 14.5 Å². The first kappa shape index (κ1) is 13.4. The molecule has 1 aliphatic heterocycles. The molecule has 1 fully saturated rings. The van der Waals surface area contributed by atoms with E-state index >= 15 is 0 Å². The Balaban J connectivity index is 2.09. The minimum atomic E-state index is -0.276. The van der Waals surface area contributed by atoms with E-state index in [1.165, 1.54) is 0 Å². The van der Waals surface area contributed by atoms with Gasteiger partial charge in [0.05, 0.1) is 25.6 Å². The average molecular weight is 278 g/mol. The van der Waals surface area contributed by atoms with E-state index in [0.717, 1.165) is 10.6 Å². The van der Waals surface area contributed by atoms with Crippen LogP contribution in [0.15, 0.2) is 24.3 Å². The quantitative estimate of drug-likeness (QED) is 0.784. The highest BCUT2D eigenvalue weighted by atomic mass is 35.5. The Labute approximate surface area is 116 Å². The molecule has 0 aromatic heterocycles. The van der Waals surface area contributed by atoms with Crippen LogP contribution in [-0.4, -0.2) is 36.3 Å². The van der Waals surface area contributed by atoms with E-state index in [1.807, 2.05) is 6.07 Å². The van der Waals surface area contributed by atoms with Crippen LogP contribution in [0.5, 0.6) is 0 Å². The molecule has 0 atom stereocenters. The number of amides is 2. The summed E-state index contributed by atoms with van der Waals surface area (Å²) in [6, 6.07) is 8.91. The number of hydrogen-bond acceptors (Lipinski definition) is 4. The van der Waals surface area contributed by atoms with Gasteiger partial charge in [-0.1, -0.05) is 11.6 Å². The summed E-state index contributed by atoms with van der Waals surface area (Å²) in [7, 11) is 0. The predicted molar refractivity (Wildman–Crippen MR) is 70.6 cm³/mol. The summed E-state index contributed by atoms with van der Waals surface area (Å²) in [5.41, 5.74) is 0.783. The van der Waals surface area contributed by atoms with Gasteiger partial charge in [-0.15, -0.1) is 0 Å². The molecular weight excluding hydrogens is 266 g/mol.